The van der Waals surface area contributed by atoms with Gasteiger partial charge in [0.1, 0.15) is 0 Å². The average molecular weight is 368 g/mol. The fourth-order valence-electron chi connectivity index (χ4n) is 2.94. The molecule has 2 heterocycles. The molecule has 0 aliphatic carbocycles. The molecule has 1 aromatic heterocycles. The number of benzene rings is 1. The molecule has 140 valence electrons. The van der Waals surface area contributed by atoms with Crippen LogP contribution in [0.2, 0.25) is 0 Å². The quantitative estimate of drug-likeness (QED) is 0.822. The Kier molecular flexibility index (Phi) is 4.94. The van der Waals surface area contributed by atoms with Crippen LogP contribution in [-0.2, 0) is 17.5 Å². The van der Waals surface area contributed by atoms with Gasteiger partial charge in [0.05, 0.1) is 24.3 Å². The summed E-state index contributed by atoms with van der Waals surface area (Å²) in [5, 5.41) is 11.3. The van der Waals surface area contributed by atoms with Gasteiger partial charge in [-0.3, -0.25) is 9.69 Å². The maximum absolute atomic E-state index is 12.9. The van der Waals surface area contributed by atoms with E-state index in [1.54, 1.807) is 4.90 Å². The number of rotatable bonds is 4. The molecular formula is C16H19F3N6O. The van der Waals surface area contributed by atoms with Gasteiger partial charge in [0.15, 0.2) is 5.82 Å². The Morgan fingerprint density at radius 1 is 1.23 bits per heavy atom. The number of hydrogen-bond donors (Lipinski definition) is 0. The number of amides is 1. The molecule has 1 aromatic carbocycles. The standard InChI is InChI=1S/C16H19F3N6O/c1-11(2)24-7-6-23(10-15(24)26)9-14-20-21-22-25(14)13-5-3-4-12(8-13)16(17,18)19/h3-5,8,11H,6-7,9-10H2,1-2H3. The first-order valence-electron chi connectivity index (χ1n) is 8.22. The molecule has 1 saturated heterocycles. The molecule has 0 radical (unpaired) electrons. The van der Waals surface area contributed by atoms with Gasteiger partial charge in [0, 0.05) is 19.1 Å². The van der Waals surface area contributed by atoms with Crippen molar-refractivity contribution < 1.29 is 18.0 Å². The first-order chi connectivity index (χ1) is 12.3. The van der Waals surface area contributed by atoms with Crippen LogP contribution in [0, 0.1) is 0 Å². The minimum absolute atomic E-state index is 0.0179. The summed E-state index contributed by atoms with van der Waals surface area (Å²) in [7, 11) is 0. The third-order valence-corrected chi connectivity index (χ3v) is 4.28. The summed E-state index contributed by atoms with van der Waals surface area (Å²) in [6.07, 6.45) is -4.44. The molecule has 0 bridgehead atoms. The number of halogens is 3. The molecule has 0 saturated carbocycles. The van der Waals surface area contributed by atoms with Crippen LogP contribution < -0.4 is 0 Å². The van der Waals surface area contributed by atoms with E-state index in [0.717, 1.165) is 12.1 Å². The number of hydrogen-bond acceptors (Lipinski definition) is 5. The van der Waals surface area contributed by atoms with Crippen LogP contribution in [0.3, 0.4) is 0 Å². The minimum Gasteiger partial charge on any atom is -0.338 e. The van der Waals surface area contributed by atoms with E-state index in [1.807, 2.05) is 18.7 Å². The van der Waals surface area contributed by atoms with Crippen LogP contribution in [0.25, 0.3) is 5.69 Å². The monoisotopic (exact) mass is 368 g/mol. The molecule has 1 fully saturated rings. The third-order valence-electron chi connectivity index (χ3n) is 4.28. The number of nitrogens with zero attached hydrogens (tertiary/aromatic N) is 6. The first-order valence-corrected chi connectivity index (χ1v) is 8.22. The Hall–Kier alpha value is -2.49. The molecular weight excluding hydrogens is 349 g/mol. The van der Waals surface area contributed by atoms with Crippen molar-refractivity contribution in [1.29, 1.82) is 0 Å². The smallest absolute Gasteiger partial charge is 0.338 e. The summed E-state index contributed by atoms with van der Waals surface area (Å²) in [6, 6.07) is 4.96. The highest BCUT2D eigenvalue weighted by Gasteiger charge is 2.31. The van der Waals surface area contributed by atoms with Crippen LogP contribution in [0.4, 0.5) is 13.2 Å². The van der Waals surface area contributed by atoms with E-state index in [2.05, 4.69) is 15.5 Å². The lowest BCUT2D eigenvalue weighted by Gasteiger charge is -2.36. The van der Waals surface area contributed by atoms with Crippen LogP contribution in [0.1, 0.15) is 25.2 Å². The lowest BCUT2D eigenvalue weighted by atomic mass is 10.2. The normalized spacial score (nSPS) is 16.5. The zero-order valence-corrected chi connectivity index (χ0v) is 14.4. The highest BCUT2D eigenvalue weighted by Crippen LogP contribution is 2.30. The van der Waals surface area contributed by atoms with Crippen LogP contribution >= 0.6 is 0 Å². The predicted octanol–water partition coefficient (Wildman–Crippen LogP) is 1.73. The van der Waals surface area contributed by atoms with Crippen molar-refractivity contribution in [2.75, 3.05) is 19.6 Å². The van der Waals surface area contributed by atoms with Gasteiger partial charge < -0.3 is 4.90 Å². The highest BCUT2D eigenvalue weighted by atomic mass is 19.4. The van der Waals surface area contributed by atoms with Crippen molar-refractivity contribution in [3.8, 4) is 5.69 Å². The number of carbonyl (C=O) groups is 1. The van der Waals surface area contributed by atoms with Crippen molar-refractivity contribution in [3.63, 3.8) is 0 Å². The van der Waals surface area contributed by atoms with E-state index in [9.17, 15) is 18.0 Å². The summed E-state index contributed by atoms with van der Waals surface area (Å²) in [6.45, 7) is 5.68. The van der Waals surface area contributed by atoms with Gasteiger partial charge >= 0.3 is 6.18 Å². The zero-order chi connectivity index (χ0) is 18.9. The summed E-state index contributed by atoms with van der Waals surface area (Å²) < 4.78 is 40.0. The Labute approximate surface area is 148 Å². The maximum atomic E-state index is 12.9. The van der Waals surface area contributed by atoms with Gasteiger partial charge in [0.2, 0.25) is 5.91 Å². The van der Waals surface area contributed by atoms with Crippen molar-refractivity contribution in [3.05, 3.63) is 35.7 Å². The molecule has 0 unspecified atom stereocenters. The summed E-state index contributed by atoms with van der Waals surface area (Å²) >= 11 is 0. The molecule has 0 N–H and O–H groups in total. The Morgan fingerprint density at radius 2 is 2.00 bits per heavy atom. The zero-order valence-electron chi connectivity index (χ0n) is 14.4. The second-order valence-electron chi connectivity index (χ2n) is 6.45. The van der Waals surface area contributed by atoms with Gasteiger partial charge in [-0.1, -0.05) is 6.07 Å². The number of piperazine rings is 1. The largest absolute Gasteiger partial charge is 0.416 e. The fraction of sp³-hybridized carbons (Fsp3) is 0.500. The molecule has 0 atom stereocenters. The van der Waals surface area contributed by atoms with E-state index in [1.165, 1.54) is 16.8 Å². The van der Waals surface area contributed by atoms with E-state index < -0.39 is 11.7 Å². The van der Waals surface area contributed by atoms with E-state index in [-0.39, 0.29) is 30.7 Å². The molecule has 0 spiro atoms. The highest BCUT2D eigenvalue weighted by molar-refractivity contribution is 5.79. The lowest BCUT2D eigenvalue weighted by Crippen LogP contribution is -2.52. The van der Waals surface area contributed by atoms with E-state index in [0.29, 0.717) is 18.9 Å². The number of aromatic nitrogens is 4. The van der Waals surface area contributed by atoms with Crippen molar-refractivity contribution in [2.24, 2.45) is 0 Å². The van der Waals surface area contributed by atoms with Crippen molar-refractivity contribution >= 4 is 5.91 Å². The van der Waals surface area contributed by atoms with Gasteiger partial charge in [-0.2, -0.15) is 17.9 Å². The third kappa shape index (κ3) is 3.85. The molecule has 7 nitrogen and oxygen atoms in total. The van der Waals surface area contributed by atoms with Crippen molar-refractivity contribution in [1.82, 2.24) is 30.0 Å². The SMILES string of the molecule is CC(C)N1CCN(Cc2nnnn2-c2cccc(C(F)(F)F)c2)CC1=O. The molecule has 1 aliphatic rings. The Bertz CT molecular complexity index is 788. The number of carbonyl (C=O) groups excluding carboxylic acids is 1. The molecule has 26 heavy (non-hydrogen) atoms. The van der Waals surface area contributed by atoms with Crippen molar-refractivity contribution in [2.45, 2.75) is 32.6 Å². The molecule has 3 rings (SSSR count). The summed E-state index contributed by atoms with van der Waals surface area (Å²) in [4.78, 5) is 15.9. The first kappa shape index (κ1) is 18.3. The van der Waals surface area contributed by atoms with Gasteiger partial charge in [-0.05, 0) is 42.5 Å². The second-order valence-corrected chi connectivity index (χ2v) is 6.45. The van der Waals surface area contributed by atoms with Crippen LogP contribution in [0.15, 0.2) is 24.3 Å². The van der Waals surface area contributed by atoms with Gasteiger partial charge in [0.25, 0.3) is 0 Å². The minimum atomic E-state index is -4.44. The van der Waals surface area contributed by atoms with Crippen LogP contribution in [-0.4, -0.2) is 61.6 Å². The van der Waals surface area contributed by atoms with Crippen LogP contribution in [0.5, 0.6) is 0 Å². The Balaban J connectivity index is 1.77. The summed E-state index contributed by atoms with van der Waals surface area (Å²) in [5.41, 5.74) is -0.538. The Morgan fingerprint density at radius 3 is 2.65 bits per heavy atom. The van der Waals surface area contributed by atoms with E-state index >= 15 is 0 Å². The predicted molar refractivity (Wildman–Crippen MR) is 86.3 cm³/mol. The fourth-order valence-corrected chi connectivity index (χ4v) is 2.94. The lowest BCUT2D eigenvalue weighted by molar-refractivity contribution is -0.138. The molecule has 2 aromatic rings. The molecule has 10 heteroatoms. The van der Waals surface area contributed by atoms with Gasteiger partial charge in [-0.15, -0.1) is 5.10 Å². The second kappa shape index (κ2) is 7.02. The topological polar surface area (TPSA) is 67.2 Å². The average Bonchev–Trinajstić information content (AvgIpc) is 3.02. The molecule has 1 aliphatic heterocycles. The van der Waals surface area contributed by atoms with E-state index in [4.69, 9.17) is 0 Å². The maximum Gasteiger partial charge on any atom is 0.416 e. The number of tetrazole rings is 1. The summed E-state index contributed by atoms with van der Waals surface area (Å²) in [5.74, 6) is 0.402. The van der Waals surface area contributed by atoms with Gasteiger partial charge in [-0.25, -0.2) is 0 Å². The number of alkyl halides is 3. The molecule has 1 amide bonds.